The molecule has 0 spiro atoms. The molecule has 3 aromatic rings. The quantitative estimate of drug-likeness (QED) is 0.710. The Labute approximate surface area is 146 Å². The largest absolute Gasteiger partial charge is 0.456 e. The normalized spacial score (nSPS) is 15.6. The summed E-state index contributed by atoms with van der Waals surface area (Å²) in [6.45, 7) is 0. The van der Waals surface area contributed by atoms with Gasteiger partial charge >= 0.3 is 0 Å². The van der Waals surface area contributed by atoms with E-state index >= 15 is 0 Å². The molecule has 120 valence electrons. The Morgan fingerprint density at radius 3 is 2.68 bits per heavy atom. The summed E-state index contributed by atoms with van der Waals surface area (Å²) in [7, 11) is 0. The molecule has 0 bridgehead atoms. The number of pyridine rings is 1. The highest BCUT2D eigenvalue weighted by Crippen LogP contribution is 2.32. The van der Waals surface area contributed by atoms with E-state index in [9.17, 15) is 9.59 Å². The monoisotopic (exact) mass is 347 g/mol. The van der Waals surface area contributed by atoms with Crippen LogP contribution in [0.25, 0.3) is 28.2 Å². The van der Waals surface area contributed by atoms with Crippen LogP contribution in [0.5, 0.6) is 0 Å². The summed E-state index contributed by atoms with van der Waals surface area (Å²) in [5.41, 5.74) is 2.85. The Kier molecular flexibility index (Phi) is 3.60. The molecular formula is C18H9N3O3S. The number of carbonyl (C=O) groups excluding carboxylic acids is 2. The lowest BCUT2D eigenvalue weighted by Crippen LogP contribution is -2.17. The van der Waals surface area contributed by atoms with Crippen LogP contribution >= 0.6 is 11.8 Å². The van der Waals surface area contributed by atoms with Crippen LogP contribution in [0.4, 0.5) is 4.79 Å². The van der Waals surface area contributed by atoms with Crippen LogP contribution in [0.1, 0.15) is 11.3 Å². The van der Waals surface area contributed by atoms with Gasteiger partial charge in [0.1, 0.15) is 11.3 Å². The molecule has 25 heavy (non-hydrogen) atoms. The summed E-state index contributed by atoms with van der Waals surface area (Å²) >= 11 is 0.838. The third-order valence-electron chi connectivity index (χ3n) is 3.68. The summed E-state index contributed by atoms with van der Waals surface area (Å²) in [6, 6.07) is 11.0. The second-order valence-corrected chi connectivity index (χ2v) is 6.31. The van der Waals surface area contributed by atoms with Gasteiger partial charge in [0.15, 0.2) is 0 Å². The zero-order valence-corrected chi connectivity index (χ0v) is 13.5. The maximum atomic E-state index is 11.7. The van der Waals surface area contributed by atoms with Crippen molar-refractivity contribution in [2.24, 2.45) is 0 Å². The molecule has 0 unspecified atom stereocenters. The highest BCUT2D eigenvalue weighted by Gasteiger charge is 2.25. The first-order chi connectivity index (χ1) is 12.1. The van der Waals surface area contributed by atoms with Crippen LogP contribution in [-0.4, -0.2) is 16.1 Å². The summed E-state index contributed by atoms with van der Waals surface area (Å²) in [4.78, 5) is 27.4. The molecule has 1 fully saturated rings. The van der Waals surface area contributed by atoms with Crippen molar-refractivity contribution in [2.75, 3.05) is 0 Å². The van der Waals surface area contributed by atoms with Gasteiger partial charge < -0.3 is 4.42 Å². The van der Waals surface area contributed by atoms with Gasteiger partial charge in [-0.3, -0.25) is 19.9 Å². The van der Waals surface area contributed by atoms with Crippen molar-refractivity contribution >= 4 is 40.0 Å². The van der Waals surface area contributed by atoms with E-state index in [1.54, 1.807) is 30.6 Å². The average Bonchev–Trinajstić information content (AvgIpc) is 3.17. The Bertz CT molecular complexity index is 1090. The van der Waals surface area contributed by atoms with E-state index in [0.29, 0.717) is 16.9 Å². The van der Waals surface area contributed by atoms with Crippen LogP contribution in [-0.2, 0) is 4.79 Å². The topological polar surface area (TPSA) is 96.0 Å². The molecule has 1 N–H and O–H groups in total. The number of hydrogen-bond donors (Lipinski definition) is 1. The number of benzene rings is 1. The molecule has 0 radical (unpaired) electrons. The smallest absolute Gasteiger partial charge is 0.290 e. The summed E-state index contributed by atoms with van der Waals surface area (Å²) in [5.74, 6) is 0.0335. The first-order valence-corrected chi connectivity index (χ1v) is 8.08. The lowest BCUT2D eigenvalue weighted by molar-refractivity contribution is -0.115. The molecule has 1 aliphatic rings. The highest BCUT2D eigenvalue weighted by atomic mass is 32.2. The number of nitrogens with zero attached hydrogens (tertiary/aromatic N) is 2. The van der Waals surface area contributed by atoms with Crippen LogP contribution in [0.2, 0.25) is 0 Å². The highest BCUT2D eigenvalue weighted by molar-refractivity contribution is 8.18. The van der Waals surface area contributed by atoms with Gasteiger partial charge in [0, 0.05) is 29.4 Å². The van der Waals surface area contributed by atoms with E-state index in [1.165, 1.54) is 6.08 Å². The van der Waals surface area contributed by atoms with Crippen LogP contribution in [0.15, 0.2) is 52.0 Å². The van der Waals surface area contributed by atoms with E-state index in [1.807, 2.05) is 12.1 Å². The molecule has 0 atom stereocenters. The maximum Gasteiger partial charge on any atom is 0.290 e. The van der Waals surface area contributed by atoms with Gasteiger partial charge in [0.25, 0.3) is 11.1 Å². The summed E-state index contributed by atoms with van der Waals surface area (Å²) in [6.07, 6.45) is 4.89. The third kappa shape index (κ3) is 2.79. The van der Waals surface area contributed by atoms with Crippen LogP contribution < -0.4 is 5.32 Å². The predicted molar refractivity (Wildman–Crippen MR) is 93.3 cm³/mol. The number of imide groups is 1. The van der Waals surface area contributed by atoms with Gasteiger partial charge in [-0.15, -0.1) is 0 Å². The molecule has 1 aliphatic heterocycles. The van der Waals surface area contributed by atoms with E-state index < -0.39 is 11.1 Å². The zero-order chi connectivity index (χ0) is 17.4. The Balaban J connectivity index is 1.79. The number of thioether (sulfide) groups is 1. The lowest BCUT2D eigenvalue weighted by Gasteiger charge is -2.01. The van der Waals surface area contributed by atoms with E-state index in [4.69, 9.17) is 9.68 Å². The first-order valence-electron chi connectivity index (χ1n) is 7.27. The number of nitriles is 1. The predicted octanol–water partition coefficient (Wildman–Crippen LogP) is 3.69. The molecule has 0 aliphatic carbocycles. The molecular weight excluding hydrogens is 338 g/mol. The van der Waals surface area contributed by atoms with Crippen molar-refractivity contribution in [1.82, 2.24) is 10.3 Å². The molecule has 2 aromatic heterocycles. The number of amides is 2. The molecule has 6 nitrogen and oxygen atoms in total. The van der Waals surface area contributed by atoms with Gasteiger partial charge in [0.05, 0.1) is 16.5 Å². The lowest BCUT2D eigenvalue weighted by atomic mass is 10.0. The standard InChI is InChI=1S/C18H9N3O3S/c19-7-10-1-3-11(4-2-10)14-9-20-8-12-5-13(24-16(12)14)6-15-17(22)21-18(23)25-15/h1-6,8-9H,(H,21,22,23). The minimum absolute atomic E-state index is 0.289. The van der Waals surface area contributed by atoms with E-state index in [2.05, 4.69) is 16.4 Å². The fourth-order valence-corrected chi connectivity index (χ4v) is 3.20. The molecule has 2 amide bonds. The van der Waals surface area contributed by atoms with Crippen LogP contribution in [0.3, 0.4) is 0 Å². The number of furan rings is 1. The first kappa shape index (κ1) is 15.2. The van der Waals surface area contributed by atoms with Gasteiger partial charge in [0.2, 0.25) is 0 Å². The fourth-order valence-electron chi connectivity index (χ4n) is 2.53. The minimum Gasteiger partial charge on any atom is -0.456 e. The van der Waals surface area contributed by atoms with Gasteiger partial charge in [-0.25, -0.2) is 0 Å². The molecule has 0 saturated carbocycles. The second kappa shape index (κ2) is 5.92. The Hall–Kier alpha value is -3.37. The fraction of sp³-hybridized carbons (Fsp3) is 0. The summed E-state index contributed by atoms with van der Waals surface area (Å²) in [5, 5.41) is 11.5. The molecule has 1 aromatic carbocycles. The number of aromatic nitrogens is 1. The van der Waals surface area contributed by atoms with Crippen molar-refractivity contribution in [3.63, 3.8) is 0 Å². The third-order valence-corrected chi connectivity index (χ3v) is 4.49. The van der Waals surface area contributed by atoms with Crippen molar-refractivity contribution in [3.05, 3.63) is 59.0 Å². The Morgan fingerprint density at radius 2 is 2.00 bits per heavy atom. The number of rotatable bonds is 2. The van der Waals surface area contributed by atoms with E-state index in [0.717, 1.165) is 28.3 Å². The zero-order valence-electron chi connectivity index (χ0n) is 12.6. The number of fused-ring (bicyclic) bond motifs is 1. The SMILES string of the molecule is N#Cc1ccc(-c2cncc3cc(C=C4SC(=O)NC4=O)oc23)cc1. The number of carbonyl (C=O) groups is 2. The van der Waals surface area contributed by atoms with Crippen LogP contribution in [0, 0.1) is 11.3 Å². The molecule has 7 heteroatoms. The van der Waals surface area contributed by atoms with Crippen molar-refractivity contribution < 1.29 is 14.0 Å². The molecule has 4 rings (SSSR count). The molecule has 3 heterocycles. The van der Waals surface area contributed by atoms with E-state index in [-0.39, 0.29) is 4.91 Å². The summed E-state index contributed by atoms with van der Waals surface area (Å²) < 4.78 is 5.87. The Morgan fingerprint density at radius 1 is 1.20 bits per heavy atom. The molecule has 1 saturated heterocycles. The number of nitrogens with one attached hydrogen (secondary N) is 1. The van der Waals surface area contributed by atoms with Gasteiger partial charge in [-0.2, -0.15) is 5.26 Å². The maximum absolute atomic E-state index is 11.7. The van der Waals surface area contributed by atoms with Gasteiger partial charge in [-0.05, 0) is 35.5 Å². The second-order valence-electron chi connectivity index (χ2n) is 5.30. The van der Waals surface area contributed by atoms with Crippen molar-refractivity contribution in [2.45, 2.75) is 0 Å². The number of hydrogen-bond acceptors (Lipinski definition) is 6. The minimum atomic E-state index is -0.430. The van der Waals surface area contributed by atoms with Crippen molar-refractivity contribution in [3.8, 4) is 17.2 Å². The van der Waals surface area contributed by atoms with Gasteiger partial charge in [-0.1, -0.05) is 12.1 Å². The average molecular weight is 347 g/mol. The van der Waals surface area contributed by atoms with Crippen molar-refractivity contribution in [1.29, 1.82) is 5.26 Å².